The lowest BCUT2D eigenvalue weighted by atomic mass is 9.87. The summed E-state index contributed by atoms with van der Waals surface area (Å²) in [4.78, 5) is 54.0. The molecule has 2 aliphatic heterocycles. The predicted octanol–water partition coefficient (Wildman–Crippen LogP) is 3.29. The van der Waals surface area contributed by atoms with Crippen molar-refractivity contribution < 1.29 is 19.2 Å². The quantitative estimate of drug-likeness (QED) is 0.589. The number of imide groups is 2. The molecule has 4 fully saturated rings. The Morgan fingerprint density at radius 2 is 0.917 bits per heavy atom. The Labute approximate surface area is 213 Å². The summed E-state index contributed by atoms with van der Waals surface area (Å²) in [5.74, 6) is 0.519. The molecule has 1 aromatic carbocycles. The Kier molecular flexibility index (Phi) is 7.26. The number of carbonyl (C=O) groups excluding carboxylic acids is 4. The summed E-state index contributed by atoms with van der Waals surface area (Å²) in [5, 5.41) is 6.82. The lowest BCUT2D eigenvalue weighted by molar-refractivity contribution is -0.123. The number of benzene rings is 1. The van der Waals surface area contributed by atoms with Crippen LogP contribution in [0.15, 0.2) is 24.3 Å². The minimum atomic E-state index is -0.494. The Morgan fingerprint density at radius 3 is 1.25 bits per heavy atom. The lowest BCUT2D eigenvalue weighted by Crippen LogP contribution is -2.45. The van der Waals surface area contributed by atoms with E-state index in [0.717, 1.165) is 63.2 Å². The third-order valence-corrected chi connectivity index (χ3v) is 8.56. The van der Waals surface area contributed by atoms with Gasteiger partial charge in [0.2, 0.25) is 11.8 Å². The van der Waals surface area contributed by atoms with Crippen molar-refractivity contribution in [2.24, 2.45) is 11.8 Å². The van der Waals surface area contributed by atoms with Gasteiger partial charge in [0.25, 0.3) is 11.8 Å². The number of rotatable bonds is 6. The molecule has 0 aromatic heterocycles. The number of nitrogens with one attached hydrogen (secondary N) is 2. The van der Waals surface area contributed by atoms with Gasteiger partial charge in [-0.05, 0) is 87.5 Å². The van der Waals surface area contributed by atoms with E-state index in [1.54, 1.807) is 24.3 Å². The standard InChI is InChI=1S/C28H38N4O4/c1-17-3-7-19(8-4-17)29-23-15-25(33)31(27(23)35)21-11-13-22(14-12-21)32-26(34)16-24(28(32)36)30-20-9-5-18(2)6-10-20/h11-14,17-20,23-24,29-30H,3-10,15-16H2,1-2H3/t17?,18?,19?,20?,23-,24-/m1/s1. The largest absolute Gasteiger partial charge is 0.303 e. The number of hydrogen-bond acceptors (Lipinski definition) is 6. The van der Waals surface area contributed by atoms with Crippen LogP contribution in [-0.4, -0.2) is 47.8 Å². The van der Waals surface area contributed by atoms with Crippen LogP contribution in [0.2, 0.25) is 0 Å². The monoisotopic (exact) mass is 494 g/mol. The fourth-order valence-electron chi connectivity index (χ4n) is 6.24. The van der Waals surface area contributed by atoms with E-state index < -0.39 is 12.1 Å². The van der Waals surface area contributed by atoms with Gasteiger partial charge in [-0.2, -0.15) is 0 Å². The summed E-state index contributed by atoms with van der Waals surface area (Å²) in [6, 6.07) is 6.17. The Hall–Kier alpha value is -2.58. The molecular weight excluding hydrogens is 456 g/mol. The van der Waals surface area contributed by atoms with E-state index in [2.05, 4.69) is 24.5 Å². The van der Waals surface area contributed by atoms with Crippen LogP contribution < -0.4 is 20.4 Å². The number of nitrogens with zero attached hydrogens (tertiary/aromatic N) is 2. The lowest BCUT2D eigenvalue weighted by Gasteiger charge is -2.29. The highest BCUT2D eigenvalue weighted by molar-refractivity contribution is 6.24. The van der Waals surface area contributed by atoms with E-state index in [-0.39, 0.29) is 48.6 Å². The molecule has 5 rings (SSSR count). The van der Waals surface area contributed by atoms with Crippen molar-refractivity contribution in [1.82, 2.24) is 10.6 Å². The first-order valence-electron chi connectivity index (χ1n) is 13.7. The average molecular weight is 495 g/mol. The summed E-state index contributed by atoms with van der Waals surface area (Å²) >= 11 is 0. The molecule has 4 aliphatic rings. The molecule has 0 spiro atoms. The van der Waals surface area contributed by atoms with Gasteiger partial charge in [-0.1, -0.05) is 13.8 Å². The summed E-state index contributed by atoms with van der Waals surface area (Å²) in [6.07, 6.45) is 8.99. The van der Waals surface area contributed by atoms with Crippen LogP contribution in [0.1, 0.15) is 78.1 Å². The number of anilines is 2. The summed E-state index contributed by atoms with van der Waals surface area (Å²) < 4.78 is 0. The minimum absolute atomic E-state index is 0.156. The number of carbonyl (C=O) groups is 4. The van der Waals surface area contributed by atoms with Crippen LogP contribution in [-0.2, 0) is 19.2 Å². The van der Waals surface area contributed by atoms with Gasteiger partial charge in [0, 0.05) is 12.1 Å². The Balaban J connectivity index is 1.21. The molecule has 2 atom stereocenters. The minimum Gasteiger partial charge on any atom is -0.303 e. The second-order valence-electron chi connectivity index (χ2n) is 11.4. The Bertz CT molecular complexity index is 928. The smallest absolute Gasteiger partial charge is 0.251 e. The van der Waals surface area contributed by atoms with E-state index in [1.165, 1.54) is 9.80 Å². The first kappa shape index (κ1) is 25.1. The number of hydrogen-bond donors (Lipinski definition) is 2. The predicted molar refractivity (Wildman–Crippen MR) is 137 cm³/mol. The van der Waals surface area contributed by atoms with E-state index >= 15 is 0 Å². The van der Waals surface area contributed by atoms with E-state index in [9.17, 15) is 19.2 Å². The van der Waals surface area contributed by atoms with E-state index in [4.69, 9.17) is 0 Å². The topological polar surface area (TPSA) is 98.8 Å². The fourth-order valence-corrected chi connectivity index (χ4v) is 6.24. The van der Waals surface area contributed by atoms with Crippen LogP contribution >= 0.6 is 0 Å². The van der Waals surface area contributed by atoms with Gasteiger partial charge in [-0.3, -0.25) is 19.2 Å². The molecule has 8 nitrogen and oxygen atoms in total. The second kappa shape index (κ2) is 10.4. The molecule has 2 saturated carbocycles. The van der Waals surface area contributed by atoms with Crippen molar-refractivity contribution in [3.05, 3.63) is 24.3 Å². The van der Waals surface area contributed by atoms with Crippen LogP contribution in [0.25, 0.3) is 0 Å². The maximum absolute atomic E-state index is 13.1. The molecule has 4 amide bonds. The van der Waals surface area contributed by atoms with Crippen LogP contribution in [0.5, 0.6) is 0 Å². The maximum Gasteiger partial charge on any atom is 0.251 e. The molecule has 2 saturated heterocycles. The van der Waals surface area contributed by atoms with Gasteiger partial charge >= 0.3 is 0 Å². The van der Waals surface area contributed by atoms with Crippen molar-refractivity contribution in [3.63, 3.8) is 0 Å². The van der Waals surface area contributed by atoms with Gasteiger partial charge < -0.3 is 10.6 Å². The van der Waals surface area contributed by atoms with Gasteiger partial charge in [-0.15, -0.1) is 0 Å². The van der Waals surface area contributed by atoms with Gasteiger partial charge in [-0.25, -0.2) is 9.80 Å². The van der Waals surface area contributed by atoms with Crippen molar-refractivity contribution in [1.29, 1.82) is 0 Å². The van der Waals surface area contributed by atoms with Gasteiger partial charge in [0.05, 0.1) is 36.3 Å². The molecule has 2 aliphatic carbocycles. The summed E-state index contributed by atoms with van der Waals surface area (Å²) in [7, 11) is 0. The van der Waals surface area contributed by atoms with Crippen molar-refractivity contribution >= 4 is 35.0 Å². The van der Waals surface area contributed by atoms with E-state index in [0.29, 0.717) is 11.4 Å². The van der Waals surface area contributed by atoms with E-state index in [1.807, 2.05) is 0 Å². The highest BCUT2D eigenvalue weighted by Gasteiger charge is 2.42. The summed E-state index contributed by atoms with van der Waals surface area (Å²) in [5.41, 5.74) is 0.945. The molecule has 1 aromatic rings. The van der Waals surface area contributed by atoms with Gasteiger partial charge in [0.15, 0.2) is 0 Å². The first-order chi connectivity index (χ1) is 17.3. The van der Waals surface area contributed by atoms with Gasteiger partial charge in [0.1, 0.15) is 0 Å². The molecule has 0 radical (unpaired) electrons. The van der Waals surface area contributed by atoms with Crippen LogP contribution in [0, 0.1) is 11.8 Å². The molecule has 36 heavy (non-hydrogen) atoms. The van der Waals surface area contributed by atoms with Crippen molar-refractivity contribution in [2.75, 3.05) is 9.80 Å². The molecule has 2 N–H and O–H groups in total. The SMILES string of the molecule is CC1CCC(N[C@@H]2CC(=O)N(c3ccc(N4C(=O)C[C@@H](NC5CCC(C)CC5)C4=O)cc3)C2=O)CC1. The summed E-state index contributed by atoms with van der Waals surface area (Å²) in [6.45, 7) is 4.51. The fraction of sp³-hybridized carbons (Fsp3) is 0.643. The average Bonchev–Trinajstić information content (AvgIpc) is 3.30. The molecule has 2 heterocycles. The second-order valence-corrected chi connectivity index (χ2v) is 11.4. The molecular formula is C28H38N4O4. The van der Waals surface area contributed by atoms with Crippen molar-refractivity contribution in [3.8, 4) is 0 Å². The number of amides is 4. The molecule has 8 heteroatoms. The highest BCUT2D eigenvalue weighted by atomic mass is 16.2. The third kappa shape index (κ3) is 5.11. The zero-order valence-corrected chi connectivity index (χ0v) is 21.4. The molecule has 0 bridgehead atoms. The Morgan fingerprint density at radius 1 is 0.583 bits per heavy atom. The first-order valence-corrected chi connectivity index (χ1v) is 13.7. The van der Waals surface area contributed by atoms with Crippen LogP contribution in [0.3, 0.4) is 0 Å². The molecule has 194 valence electrons. The zero-order valence-electron chi connectivity index (χ0n) is 21.4. The van der Waals surface area contributed by atoms with Crippen molar-refractivity contribution in [2.45, 2.75) is 102 Å². The maximum atomic E-state index is 13.1. The zero-order chi connectivity index (χ0) is 25.4. The van der Waals surface area contributed by atoms with Crippen LogP contribution in [0.4, 0.5) is 11.4 Å². The highest BCUT2D eigenvalue weighted by Crippen LogP contribution is 2.31. The normalized spacial score (nSPS) is 33.6. The molecule has 0 unspecified atom stereocenters. The third-order valence-electron chi connectivity index (χ3n) is 8.56.